The van der Waals surface area contributed by atoms with Gasteiger partial charge in [0.15, 0.2) is 0 Å². The van der Waals surface area contributed by atoms with E-state index in [2.05, 4.69) is 39.9 Å². The molecule has 0 aliphatic heterocycles. The van der Waals surface area contributed by atoms with Crippen LogP contribution in [-0.4, -0.2) is 25.8 Å². The third-order valence-corrected chi connectivity index (χ3v) is 2.30. The van der Waals surface area contributed by atoms with Crippen molar-refractivity contribution in [3.63, 3.8) is 0 Å². The molecule has 0 fully saturated rings. The summed E-state index contributed by atoms with van der Waals surface area (Å²) < 4.78 is 5.48. The maximum Gasteiger partial charge on any atom is 0.0517 e. The highest BCUT2D eigenvalue weighted by Gasteiger charge is 2.20. The molecule has 0 rings (SSSR count). The van der Waals surface area contributed by atoms with Crippen molar-refractivity contribution < 1.29 is 4.74 Å². The van der Waals surface area contributed by atoms with Crippen molar-refractivity contribution in [1.29, 1.82) is 0 Å². The van der Waals surface area contributed by atoms with Crippen molar-refractivity contribution in [3.8, 4) is 0 Å². The van der Waals surface area contributed by atoms with Crippen LogP contribution in [0.1, 0.15) is 47.5 Å². The van der Waals surface area contributed by atoms with Gasteiger partial charge in [-0.25, -0.2) is 0 Å². The monoisotopic (exact) mass is 201 g/mol. The van der Waals surface area contributed by atoms with Gasteiger partial charge < -0.3 is 10.1 Å². The standard InChI is InChI=1S/C12H27NO/c1-6-8-13-11(3)9-12(4,5)10-14-7-2/h11,13H,6-10H2,1-5H3. The summed E-state index contributed by atoms with van der Waals surface area (Å²) in [6.07, 6.45) is 2.38. The van der Waals surface area contributed by atoms with Gasteiger partial charge in [0.2, 0.25) is 0 Å². The molecule has 0 radical (unpaired) electrons. The van der Waals surface area contributed by atoms with E-state index in [0.717, 1.165) is 19.8 Å². The van der Waals surface area contributed by atoms with E-state index in [4.69, 9.17) is 4.74 Å². The number of rotatable bonds is 8. The Balaban J connectivity index is 3.70. The van der Waals surface area contributed by atoms with Crippen LogP contribution in [0.25, 0.3) is 0 Å². The molecule has 0 aromatic heterocycles. The zero-order chi connectivity index (χ0) is 11.0. The molecule has 0 spiro atoms. The fraction of sp³-hybridized carbons (Fsp3) is 1.00. The van der Waals surface area contributed by atoms with Crippen LogP contribution in [0.2, 0.25) is 0 Å². The molecule has 0 saturated heterocycles. The normalized spacial score (nSPS) is 14.4. The minimum Gasteiger partial charge on any atom is -0.381 e. The molecule has 2 nitrogen and oxygen atoms in total. The molecule has 14 heavy (non-hydrogen) atoms. The summed E-state index contributed by atoms with van der Waals surface area (Å²) in [6, 6.07) is 0.588. The lowest BCUT2D eigenvalue weighted by Crippen LogP contribution is -2.33. The van der Waals surface area contributed by atoms with Crippen molar-refractivity contribution in [2.45, 2.75) is 53.5 Å². The van der Waals surface area contributed by atoms with E-state index in [1.807, 2.05) is 0 Å². The number of hydrogen-bond donors (Lipinski definition) is 1. The summed E-state index contributed by atoms with van der Waals surface area (Å²) in [6.45, 7) is 13.8. The Morgan fingerprint density at radius 2 is 1.93 bits per heavy atom. The molecule has 1 N–H and O–H groups in total. The topological polar surface area (TPSA) is 21.3 Å². The highest BCUT2D eigenvalue weighted by Crippen LogP contribution is 2.22. The molecule has 1 unspecified atom stereocenters. The molecule has 0 heterocycles. The zero-order valence-corrected chi connectivity index (χ0v) is 10.5. The van der Waals surface area contributed by atoms with Gasteiger partial charge in [-0.3, -0.25) is 0 Å². The lowest BCUT2D eigenvalue weighted by Gasteiger charge is -2.28. The van der Waals surface area contributed by atoms with Crippen LogP contribution in [0.4, 0.5) is 0 Å². The van der Waals surface area contributed by atoms with E-state index in [0.29, 0.717) is 6.04 Å². The van der Waals surface area contributed by atoms with Crippen LogP contribution in [0.5, 0.6) is 0 Å². The van der Waals surface area contributed by atoms with E-state index < -0.39 is 0 Å². The Bertz CT molecular complexity index is 134. The average molecular weight is 201 g/mol. The lowest BCUT2D eigenvalue weighted by atomic mass is 9.87. The predicted octanol–water partition coefficient (Wildman–Crippen LogP) is 2.83. The molecular weight excluding hydrogens is 174 g/mol. The van der Waals surface area contributed by atoms with Gasteiger partial charge >= 0.3 is 0 Å². The highest BCUT2D eigenvalue weighted by molar-refractivity contribution is 4.74. The molecule has 0 saturated carbocycles. The summed E-state index contributed by atoms with van der Waals surface area (Å²) in [7, 11) is 0. The average Bonchev–Trinajstić information content (AvgIpc) is 2.11. The summed E-state index contributed by atoms with van der Waals surface area (Å²) in [5.41, 5.74) is 0.288. The van der Waals surface area contributed by atoms with Crippen LogP contribution in [0.3, 0.4) is 0 Å². The molecular formula is C12H27NO. The van der Waals surface area contributed by atoms with Crippen LogP contribution >= 0.6 is 0 Å². The van der Waals surface area contributed by atoms with Crippen molar-refractivity contribution in [3.05, 3.63) is 0 Å². The van der Waals surface area contributed by atoms with Crippen LogP contribution in [-0.2, 0) is 4.74 Å². The van der Waals surface area contributed by atoms with Gasteiger partial charge in [0.05, 0.1) is 6.61 Å². The summed E-state index contributed by atoms with van der Waals surface area (Å²) >= 11 is 0. The molecule has 1 atom stereocenters. The van der Waals surface area contributed by atoms with E-state index in [-0.39, 0.29) is 5.41 Å². The third kappa shape index (κ3) is 7.34. The molecule has 0 aliphatic rings. The van der Waals surface area contributed by atoms with Crippen LogP contribution in [0.15, 0.2) is 0 Å². The van der Waals surface area contributed by atoms with Crippen LogP contribution < -0.4 is 5.32 Å². The zero-order valence-electron chi connectivity index (χ0n) is 10.5. The van der Waals surface area contributed by atoms with Gasteiger partial charge in [-0.2, -0.15) is 0 Å². The Kier molecular flexibility index (Phi) is 7.20. The third-order valence-electron chi connectivity index (χ3n) is 2.30. The summed E-state index contributed by atoms with van der Waals surface area (Å²) in [5, 5.41) is 3.51. The maximum absolute atomic E-state index is 5.48. The summed E-state index contributed by atoms with van der Waals surface area (Å²) in [5.74, 6) is 0. The maximum atomic E-state index is 5.48. The first-order valence-electron chi connectivity index (χ1n) is 5.83. The first kappa shape index (κ1) is 13.9. The minimum absolute atomic E-state index is 0.288. The van der Waals surface area contributed by atoms with Crippen molar-refractivity contribution >= 4 is 0 Å². The van der Waals surface area contributed by atoms with Gasteiger partial charge in [0, 0.05) is 12.6 Å². The second kappa shape index (κ2) is 7.24. The quantitative estimate of drug-likeness (QED) is 0.652. The van der Waals surface area contributed by atoms with Gasteiger partial charge in [-0.05, 0) is 38.6 Å². The lowest BCUT2D eigenvalue weighted by molar-refractivity contribution is 0.0609. The molecule has 0 aromatic rings. The smallest absolute Gasteiger partial charge is 0.0517 e. The van der Waals surface area contributed by atoms with Gasteiger partial charge in [-0.1, -0.05) is 20.8 Å². The Labute approximate surface area is 89.4 Å². The molecule has 0 aromatic carbocycles. The fourth-order valence-corrected chi connectivity index (χ4v) is 1.73. The van der Waals surface area contributed by atoms with E-state index in [9.17, 15) is 0 Å². The van der Waals surface area contributed by atoms with E-state index in [1.54, 1.807) is 0 Å². The Morgan fingerprint density at radius 1 is 1.29 bits per heavy atom. The first-order chi connectivity index (χ1) is 6.52. The Morgan fingerprint density at radius 3 is 2.43 bits per heavy atom. The number of hydrogen-bond acceptors (Lipinski definition) is 2. The Hall–Kier alpha value is -0.0800. The second-order valence-electron chi connectivity index (χ2n) is 4.86. The minimum atomic E-state index is 0.288. The SMILES string of the molecule is CCCNC(C)CC(C)(C)COCC. The van der Waals surface area contributed by atoms with Gasteiger partial charge in [0.1, 0.15) is 0 Å². The first-order valence-corrected chi connectivity index (χ1v) is 5.83. The second-order valence-corrected chi connectivity index (χ2v) is 4.86. The molecule has 86 valence electrons. The summed E-state index contributed by atoms with van der Waals surface area (Å²) in [4.78, 5) is 0. The molecule has 0 amide bonds. The number of nitrogens with one attached hydrogen (secondary N) is 1. The van der Waals surface area contributed by atoms with E-state index in [1.165, 1.54) is 12.8 Å². The van der Waals surface area contributed by atoms with Crippen LogP contribution in [0, 0.1) is 5.41 Å². The number of ether oxygens (including phenoxy) is 1. The largest absolute Gasteiger partial charge is 0.381 e. The van der Waals surface area contributed by atoms with Crippen molar-refractivity contribution in [2.75, 3.05) is 19.8 Å². The molecule has 0 aliphatic carbocycles. The van der Waals surface area contributed by atoms with Crippen molar-refractivity contribution in [2.24, 2.45) is 5.41 Å². The highest BCUT2D eigenvalue weighted by atomic mass is 16.5. The van der Waals surface area contributed by atoms with E-state index >= 15 is 0 Å². The fourth-order valence-electron chi connectivity index (χ4n) is 1.73. The molecule has 2 heteroatoms. The molecule has 0 bridgehead atoms. The predicted molar refractivity (Wildman–Crippen MR) is 62.6 cm³/mol. The van der Waals surface area contributed by atoms with Gasteiger partial charge in [0.25, 0.3) is 0 Å². The van der Waals surface area contributed by atoms with Crippen molar-refractivity contribution in [1.82, 2.24) is 5.32 Å². The van der Waals surface area contributed by atoms with Gasteiger partial charge in [-0.15, -0.1) is 0 Å².